The molecule has 0 atom stereocenters. The van der Waals surface area contributed by atoms with Gasteiger partial charge < -0.3 is 10.4 Å². The van der Waals surface area contributed by atoms with Crippen LogP contribution < -0.4 is 5.32 Å². The van der Waals surface area contributed by atoms with E-state index in [4.69, 9.17) is 5.11 Å². The van der Waals surface area contributed by atoms with Gasteiger partial charge in [-0.05, 0) is 30.0 Å². The lowest BCUT2D eigenvalue weighted by Crippen LogP contribution is -2.16. The summed E-state index contributed by atoms with van der Waals surface area (Å²) in [5.74, 6) is -3.81. The molecule has 7 heteroatoms. The van der Waals surface area contributed by atoms with Crippen LogP contribution in [0.2, 0.25) is 0 Å². The molecule has 0 radical (unpaired) electrons. The van der Waals surface area contributed by atoms with E-state index in [1.165, 1.54) is 0 Å². The summed E-state index contributed by atoms with van der Waals surface area (Å²) in [7, 11) is 0. The highest BCUT2D eigenvalue weighted by Gasteiger charge is 2.19. The van der Waals surface area contributed by atoms with Crippen LogP contribution in [-0.4, -0.2) is 17.0 Å². The molecule has 1 amide bonds. The lowest BCUT2D eigenvalue weighted by molar-refractivity contribution is 0.0703. The summed E-state index contributed by atoms with van der Waals surface area (Å²) in [6, 6.07) is 2.55. The summed E-state index contributed by atoms with van der Waals surface area (Å²) < 4.78 is 26.2. The van der Waals surface area contributed by atoms with E-state index in [1.54, 1.807) is 12.3 Å². The number of halogens is 2. The molecule has 0 aliphatic rings. The zero-order chi connectivity index (χ0) is 14.9. The number of hydrogen-bond acceptors (Lipinski definition) is 3. The second-order valence-electron chi connectivity index (χ2n) is 4.01. The van der Waals surface area contributed by atoms with Crippen molar-refractivity contribution in [2.75, 3.05) is 5.32 Å². The van der Waals surface area contributed by atoms with E-state index in [0.29, 0.717) is 11.6 Å². The third-order valence-corrected chi connectivity index (χ3v) is 3.67. The van der Waals surface area contributed by atoms with Crippen molar-refractivity contribution in [3.63, 3.8) is 0 Å². The van der Waals surface area contributed by atoms with Gasteiger partial charge in [0.15, 0.2) is 0 Å². The second-order valence-corrected chi connectivity index (χ2v) is 4.89. The summed E-state index contributed by atoms with van der Waals surface area (Å²) in [5.41, 5.74) is 0.327. The van der Waals surface area contributed by atoms with Crippen LogP contribution in [0.3, 0.4) is 0 Å². The van der Waals surface area contributed by atoms with E-state index in [2.05, 4.69) is 5.32 Å². The van der Waals surface area contributed by atoms with Gasteiger partial charge in [-0.1, -0.05) is 0 Å². The Balaban J connectivity index is 2.33. The number of hydrogen-bond donors (Lipinski definition) is 2. The largest absolute Gasteiger partial charge is 0.477 e. The monoisotopic (exact) mass is 297 g/mol. The Bertz CT molecular complexity index is 697. The highest BCUT2D eigenvalue weighted by atomic mass is 32.1. The fourth-order valence-corrected chi connectivity index (χ4v) is 2.45. The molecule has 0 spiro atoms. The number of carboxylic acids is 1. The molecule has 2 aromatic rings. The lowest BCUT2D eigenvalue weighted by atomic mass is 10.2. The van der Waals surface area contributed by atoms with Crippen LogP contribution in [0.25, 0.3) is 0 Å². The fraction of sp³-hybridized carbons (Fsp3) is 0.0769. The Morgan fingerprint density at radius 2 is 2.00 bits per heavy atom. The zero-order valence-corrected chi connectivity index (χ0v) is 11.1. The molecule has 0 aliphatic carbocycles. The number of carbonyl (C=O) groups is 2. The first kappa shape index (κ1) is 14.1. The molecule has 0 unspecified atom stereocenters. The summed E-state index contributed by atoms with van der Waals surface area (Å²) >= 11 is 0.960. The SMILES string of the molecule is Cc1csc(C(=O)O)c1NC(=O)c1ccc(F)cc1F. The van der Waals surface area contributed by atoms with Crippen molar-refractivity contribution in [2.45, 2.75) is 6.92 Å². The average Bonchev–Trinajstić information content (AvgIpc) is 2.71. The van der Waals surface area contributed by atoms with Gasteiger partial charge in [0, 0.05) is 6.07 Å². The van der Waals surface area contributed by atoms with Crippen LogP contribution in [0.15, 0.2) is 23.6 Å². The average molecular weight is 297 g/mol. The highest BCUT2D eigenvalue weighted by molar-refractivity contribution is 7.12. The predicted molar refractivity (Wildman–Crippen MR) is 70.3 cm³/mol. The van der Waals surface area contributed by atoms with E-state index in [1.807, 2.05) is 0 Å². The van der Waals surface area contributed by atoms with E-state index in [0.717, 1.165) is 23.5 Å². The molecule has 1 heterocycles. The third kappa shape index (κ3) is 2.67. The number of anilines is 1. The van der Waals surface area contributed by atoms with Gasteiger partial charge in [0.25, 0.3) is 5.91 Å². The zero-order valence-electron chi connectivity index (χ0n) is 10.2. The second kappa shape index (κ2) is 5.38. The van der Waals surface area contributed by atoms with Crippen LogP contribution in [0.5, 0.6) is 0 Å². The van der Waals surface area contributed by atoms with Gasteiger partial charge in [-0.25, -0.2) is 13.6 Å². The van der Waals surface area contributed by atoms with Crippen LogP contribution in [-0.2, 0) is 0 Å². The van der Waals surface area contributed by atoms with E-state index < -0.39 is 23.5 Å². The number of carbonyl (C=O) groups excluding carboxylic acids is 1. The Morgan fingerprint density at radius 1 is 1.30 bits per heavy atom. The quantitative estimate of drug-likeness (QED) is 0.913. The molecule has 2 rings (SSSR count). The minimum atomic E-state index is -1.18. The highest BCUT2D eigenvalue weighted by Crippen LogP contribution is 2.28. The lowest BCUT2D eigenvalue weighted by Gasteiger charge is -2.07. The standard InChI is InChI=1S/C13H9F2NO3S/c1-6-5-20-11(13(18)19)10(6)16-12(17)8-3-2-7(14)4-9(8)15/h2-5H,1H3,(H,16,17)(H,18,19). The number of nitrogens with one attached hydrogen (secondary N) is 1. The fourth-order valence-electron chi connectivity index (χ4n) is 1.61. The molecule has 104 valence electrons. The molecule has 0 fully saturated rings. The maximum atomic E-state index is 13.5. The van der Waals surface area contributed by atoms with Crippen molar-refractivity contribution in [3.05, 3.63) is 51.2 Å². The molecule has 0 saturated carbocycles. The van der Waals surface area contributed by atoms with Crippen molar-refractivity contribution in [1.82, 2.24) is 0 Å². The molecule has 1 aromatic carbocycles. The molecule has 2 N–H and O–H groups in total. The Hall–Kier alpha value is -2.28. The predicted octanol–water partition coefficient (Wildman–Crippen LogP) is 3.29. The van der Waals surface area contributed by atoms with Crippen LogP contribution in [0, 0.1) is 18.6 Å². The minimum absolute atomic E-state index is 0.0432. The molecule has 0 aliphatic heterocycles. The third-order valence-electron chi connectivity index (χ3n) is 2.58. The molecule has 20 heavy (non-hydrogen) atoms. The topological polar surface area (TPSA) is 66.4 Å². The maximum Gasteiger partial charge on any atom is 0.348 e. The van der Waals surface area contributed by atoms with Crippen LogP contribution >= 0.6 is 11.3 Å². The van der Waals surface area contributed by atoms with Crippen molar-refractivity contribution in [2.24, 2.45) is 0 Å². The molecule has 0 bridgehead atoms. The number of amides is 1. The number of aryl methyl sites for hydroxylation is 1. The summed E-state index contributed by atoms with van der Waals surface area (Å²) in [4.78, 5) is 22.9. The first-order valence-corrected chi connectivity index (χ1v) is 6.36. The molecule has 0 saturated heterocycles. The van der Waals surface area contributed by atoms with Crippen molar-refractivity contribution in [3.8, 4) is 0 Å². The Morgan fingerprint density at radius 3 is 2.60 bits per heavy atom. The van der Waals surface area contributed by atoms with E-state index in [-0.39, 0.29) is 16.1 Å². The van der Waals surface area contributed by atoms with Gasteiger partial charge in [-0.2, -0.15) is 0 Å². The smallest absolute Gasteiger partial charge is 0.348 e. The van der Waals surface area contributed by atoms with Crippen molar-refractivity contribution < 1.29 is 23.5 Å². The molecular weight excluding hydrogens is 288 g/mol. The van der Waals surface area contributed by atoms with Crippen molar-refractivity contribution >= 4 is 28.9 Å². The van der Waals surface area contributed by atoms with Gasteiger partial charge in [0.05, 0.1) is 11.3 Å². The van der Waals surface area contributed by atoms with Gasteiger partial charge in [-0.15, -0.1) is 11.3 Å². The first-order chi connectivity index (χ1) is 9.40. The Labute approximate surface area is 116 Å². The summed E-state index contributed by atoms with van der Waals surface area (Å²) in [6.07, 6.45) is 0. The number of rotatable bonds is 3. The first-order valence-electron chi connectivity index (χ1n) is 5.48. The van der Waals surface area contributed by atoms with Gasteiger partial charge in [0.2, 0.25) is 0 Å². The van der Waals surface area contributed by atoms with Crippen molar-refractivity contribution in [1.29, 1.82) is 0 Å². The molecule has 1 aromatic heterocycles. The Kier molecular flexibility index (Phi) is 3.80. The van der Waals surface area contributed by atoms with Gasteiger partial charge in [0.1, 0.15) is 16.5 Å². The summed E-state index contributed by atoms with van der Waals surface area (Å²) in [5, 5.41) is 12.9. The number of thiophene rings is 1. The molecular formula is C13H9F2NO3S. The maximum absolute atomic E-state index is 13.5. The van der Waals surface area contributed by atoms with Crippen LogP contribution in [0.1, 0.15) is 25.6 Å². The number of carboxylic acid groups (broad SMARTS) is 1. The molecule has 4 nitrogen and oxygen atoms in total. The van der Waals surface area contributed by atoms with Crippen LogP contribution in [0.4, 0.5) is 14.5 Å². The number of aromatic carboxylic acids is 1. The number of benzene rings is 1. The van der Waals surface area contributed by atoms with Gasteiger partial charge in [-0.3, -0.25) is 4.79 Å². The van der Waals surface area contributed by atoms with E-state index in [9.17, 15) is 18.4 Å². The van der Waals surface area contributed by atoms with E-state index >= 15 is 0 Å². The summed E-state index contributed by atoms with van der Waals surface area (Å²) in [6.45, 7) is 1.62. The normalized spacial score (nSPS) is 10.3. The van der Waals surface area contributed by atoms with Gasteiger partial charge >= 0.3 is 5.97 Å². The minimum Gasteiger partial charge on any atom is -0.477 e.